The van der Waals surface area contributed by atoms with Crippen LogP contribution in [-0.4, -0.2) is 8.42 Å². The first-order valence-corrected chi connectivity index (χ1v) is 8.50. The van der Waals surface area contributed by atoms with Crippen LogP contribution in [0.1, 0.15) is 23.6 Å². The van der Waals surface area contributed by atoms with Gasteiger partial charge in [-0.05, 0) is 36.8 Å². The number of rotatable bonds is 5. The lowest BCUT2D eigenvalue weighted by Crippen LogP contribution is -2.28. The first-order chi connectivity index (χ1) is 10.4. The van der Waals surface area contributed by atoms with Crippen molar-refractivity contribution in [2.75, 3.05) is 0 Å². The maximum atomic E-state index is 12.4. The molecule has 0 saturated carbocycles. The van der Waals surface area contributed by atoms with E-state index in [1.165, 1.54) is 0 Å². The van der Waals surface area contributed by atoms with Crippen molar-refractivity contribution in [2.24, 2.45) is 0 Å². The third kappa shape index (κ3) is 4.08. The van der Waals surface area contributed by atoms with E-state index in [9.17, 15) is 8.42 Å². The van der Waals surface area contributed by atoms with Gasteiger partial charge in [-0.15, -0.1) is 0 Å². The van der Waals surface area contributed by atoms with E-state index in [2.05, 4.69) is 4.72 Å². The van der Waals surface area contributed by atoms with Gasteiger partial charge in [0.15, 0.2) is 0 Å². The minimum atomic E-state index is -3.69. The zero-order valence-corrected chi connectivity index (χ0v) is 13.5. The summed E-state index contributed by atoms with van der Waals surface area (Å²) in [5, 5.41) is 9.50. The van der Waals surface area contributed by atoms with Gasteiger partial charge in [0.2, 0.25) is 10.0 Å². The summed E-state index contributed by atoms with van der Waals surface area (Å²) < 4.78 is 27.4. The van der Waals surface area contributed by atoms with Crippen molar-refractivity contribution in [3.05, 3.63) is 64.7 Å². The molecule has 0 heterocycles. The van der Waals surface area contributed by atoms with E-state index >= 15 is 0 Å². The molecule has 0 saturated heterocycles. The Bertz CT molecular complexity index is 778. The first-order valence-electron chi connectivity index (χ1n) is 6.64. The Morgan fingerprint density at radius 3 is 2.27 bits per heavy atom. The number of nitriles is 1. The molecule has 114 valence electrons. The zero-order valence-electron chi connectivity index (χ0n) is 12.0. The van der Waals surface area contributed by atoms with E-state index in [0.29, 0.717) is 10.6 Å². The fourth-order valence-electron chi connectivity index (χ4n) is 1.99. The van der Waals surface area contributed by atoms with Gasteiger partial charge in [0.1, 0.15) is 0 Å². The van der Waals surface area contributed by atoms with Crippen LogP contribution in [0.2, 0.25) is 5.02 Å². The van der Waals surface area contributed by atoms with Gasteiger partial charge in [-0.2, -0.15) is 5.26 Å². The Kier molecular flexibility index (Phi) is 5.19. The molecule has 2 aromatic carbocycles. The van der Waals surface area contributed by atoms with Crippen LogP contribution in [0.15, 0.2) is 53.4 Å². The zero-order chi connectivity index (χ0) is 16.2. The molecule has 0 aliphatic rings. The van der Waals surface area contributed by atoms with Gasteiger partial charge in [0, 0.05) is 5.02 Å². The van der Waals surface area contributed by atoms with Crippen LogP contribution < -0.4 is 4.72 Å². The Morgan fingerprint density at radius 1 is 1.14 bits per heavy atom. The van der Waals surface area contributed by atoms with Gasteiger partial charge in [-0.1, -0.05) is 41.4 Å². The molecule has 0 amide bonds. The van der Waals surface area contributed by atoms with Gasteiger partial charge in [0.05, 0.1) is 23.4 Å². The Morgan fingerprint density at radius 2 is 1.73 bits per heavy atom. The monoisotopic (exact) mass is 334 g/mol. The number of halogens is 1. The second-order valence-electron chi connectivity index (χ2n) is 4.90. The summed E-state index contributed by atoms with van der Waals surface area (Å²) in [6.07, 6.45) is 0.0344. The molecule has 0 aliphatic heterocycles. The maximum Gasteiger partial charge on any atom is 0.241 e. The molecule has 1 unspecified atom stereocenters. The van der Waals surface area contributed by atoms with Gasteiger partial charge in [-0.25, -0.2) is 13.1 Å². The molecule has 22 heavy (non-hydrogen) atoms. The standard InChI is InChI=1S/C16H15ClN2O2S/c1-12-2-8-15(9-3-12)22(20,21)19-16(10-11-18)13-4-6-14(17)7-5-13/h2-9,16,19H,10H2,1H3. The highest BCUT2D eigenvalue weighted by Crippen LogP contribution is 2.22. The fourth-order valence-corrected chi connectivity index (χ4v) is 3.34. The number of hydrogen-bond acceptors (Lipinski definition) is 3. The Hall–Kier alpha value is -1.87. The molecule has 6 heteroatoms. The second-order valence-corrected chi connectivity index (χ2v) is 7.05. The molecule has 0 spiro atoms. The molecule has 0 fully saturated rings. The van der Waals surface area contributed by atoms with Crippen molar-refractivity contribution < 1.29 is 8.42 Å². The summed E-state index contributed by atoms with van der Waals surface area (Å²) in [6.45, 7) is 1.88. The molecule has 2 aromatic rings. The number of aryl methyl sites for hydroxylation is 1. The lowest BCUT2D eigenvalue weighted by Gasteiger charge is -2.16. The van der Waals surface area contributed by atoms with E-state index in [1.807, 2.05) is 13.0 Å². The predicted molar refractivity (Wildman–Crippen MR) is 85.9 cm³/mol. The predicted octanol–water partition coefficient (Wildman–Crippen LogP) is 3.58. The SMILES string of the molecule is Cc1ccc(S(=O)(=O)NC(CC#N)c2ccc(Cl)cc2)cc1. The normalized spacial score (nSPS) is 12.6. The number of nitrogens with one attached hydrogen (secondary N) is 1. The number of nitrogens with zero attached hydrogens (tertiary/aromatic N) is 1. The average molecular weight is 335 g/mol. The highest BCUT2D eigenvalue weighted by molar-refractivity contribution is 7.89. The largest absolute Gasteiger partial charge is 0.241 e. The van der Waals surface area contributed by atoms with Crippen LogP contribution in [0.25, 0.3) is 0 Å². The summed E-state index contributed by atoms with van der Waals surface area (Å²) >= 11 is 5.83. The molecular weight excluding hydrogens is 320 g/mol. The van der Waals surface area contributed by atoms with E-state index in [-0.39, 0.29) is 11.3 Å². The van der Waals surface area contributed by atoms with Crippen molar-refractivity contribution in [3.8, 4) is 6.07 Å². The van der Waals surface area contributed by atoms with Gasteiger partial charge < -0.3 is 0 Å². The molecule has 0 aliphatic carbocycles. The van der Waals surface area contributed by atoms with Crippen molar-refractivity contribution >= 4 is 21.6 Å². The third-order valence-electron chi connectivity index (χ3n) is 3.20. The number of hydrogen-bond donors (Lipinski definition) is 1. The van der Waals surface area contributed by atoms with E-state index in [4.69, 9.17) is 16.9 Å². The lowest BCUT2D eigenvalue weighted by atomic mass is 10.1. The summed E-state index contributed by atoms with van der Waals surface area (Å²) in [5.41, 5.74) is 1.67. The molecule has 0 aromatic heterocycles. The van der Waals surface area contributed by atoms with Gasteiger partial charge in [-0.3, -0.25) is 0 Å². The minimum absolute atomic E-state index is 0.0344. The summed E-state index contributed by atoms with van der Waals surface area (Å²) in [5.74, 6) is 0. The molecule has 2 rings (SSSR count). The Labute approximate surface area is 135 Å². The lowest BCUT2D eigenvalue weighted by molar-refractivity contribution is 0.559. The molecule has 0 radical (unpaired) electrons. The second kappa shape index (κ2) is 6.93. The van der Waals surface area contributed by atoms with E-state index < -0.39 is 16.1 Å². The van der Waals surface area contributed by atoms with Crippen LogP contribution in [-0.2, 0) is 10.0 Å². The van der Waals surface area contributed by atoms with Crippen molar-refractivity contribution in [1.29, 1.82) is 5.26 Å². The van der Waals surface area contributed by atoms with E-state index in [1.54, 1.807) is 48.5 Å². The molecular formula is C16H15ClN2O2S. The van der Waals surface area contributed by atoms with Gasteiger partial charge >= 0.3 is 0 Å². The average Bonchev–Trinajstić information content (AvgIpc) is 2.48. The van der Waals surface area contributed by atoms with Crippen molar-refractivity contribution in [1.82, 2.24) is 4.72 Å². The summed E-state index contributed by atoms with van der Waals surface area (Å²) in [6, 6.07) is 14.7. The van der Waals surface area contributed by atoms with Crippen LogP contribution >= 0.6 is 11.6 Å². The quantitative estimate of drug-likeness (QED) is 0.908. The van der Waals surface area contributed by atoms with Crippen LogP contribution in [0.4, 0.5) is 0 Å². The topological polar surface area (TPSA) is 70.0 Å². The fraction of sp³-hybridized carbons (Fsp3) is 0.188. The van der Waals surface area contributed by atoms with Crippen LogP contribution in [0, 0.1) is 18.3 Å². The summed E-state index contributed by atoms with van der Waals surface area (Å²) in [7, 11) is -3.69. The van der Waals surface area contributed by atoms with Crippen LogP contribution in [0.3, 0.4) is 0 Å². The van der Waals surface area contributed by atoms with Crippen molar-refractivity contribution in [3.63, 3.8) is 0 Å². The molecule has 4 nitrogen and oxygen atoms in total. The molecule has 1 N–H and O–H groups in total. The van der Waals surface area contributed by atoms with E-state index in [0.717, 1.165) is 5.56 Å². The molecule has 0 bridgehead atoms. The summed E-state index contributed by atoms with van der Waals surface area (Å²) in [4.78, 5) is 0.176. The highest BCUT2D eigenvalue weighted by Gasteiger charge is 2.21. The molecule has 1 atom stereocenters. The van der Waals surface area contributed by atoms with Crippen molar-refractivity contribution in [2.45, 2.75) is 24.3 Å². The highest BCUT2D eigenvalue weighted by atomic mass is 35.5. The first kappa shape index (κ1) is 16.5. The minimum Gasteiger partial charge on any atom is -0.207 e. The smallest absolute Gasteiger partial charge is 0.207 e. The maximum absolute atomic E-state index is 12.4. The number of sulfonamides is 1. The Balaban J connectivity index is 2.29. The number of benzene rings is 2. The van der Waals surface area contributed by atoms with Gasteiger partial charge in [0.25, 0.3) is 0 Å². The van der Waals surface area contributed by atoms with Crippen LogP contribution in [0.5, 0.6) is 0 Å². The third-order valence-corrected chi connectivity index (χ3v) is 4.94.